The number of benzene rings is 1. The summed E-state index contributed by atoms with van der Waals surface area (Å²) >= 11 is 0. The van der Waals surface area contributed by atoms with Crippen LogP contribution in [0.4, 0.5) is 11.4 Å². The van der Waals surface area contributed by atoms with Gasteiger partial charge in [0.2, 0.25) is 5.91 Å². The molecule has 3 aromatic rings. The van der Waals surface area contributed by atoms with Gasteiger partial charge in [0, 0.05) is 24.5 Å². The molecule has 8 heteroatoms. The van der Waals surface area contributed by atoms with Crippen molar-refractivity contribution in [3.05, 3.63) is 83.9 Å². The fourth-order valence-corrected chi connectivity index (χ4v) is 2.52. The molecule has 0 unspecified atom stereocenters. The van der Waals surface area contributed by atoms with Gasteiger partial charge in [0.25, 0.3) is 11.8 Å². The number of pyridine rings is 2. The molecule has 3 rings (SSSR count). The summed E-state index contributed by atoms with van der Waals surface area (Å²) < 4.78 is 0. The highest BCUT2D eigenvalue weighted by Crippen LogP contribution is 2.16. The number of carbonyl (C=O) groups is 3. The summed E-state index contributed by atoms with van der Waals surface area (Å²) in [4.78, 5) is 44.3. The van der Waals surface area contributed by atoms with Gasteiger partial charge in [-0.15, -0.1) is 0 Å². The number of aromatic nitrogens is 2. The zero-order valence-electron chi connectivity index (χ0n) is 15.7. The number of hydrogen-bond acceptors (Lipinski definition) is 5. The summed E-state index contributed by atoms with van der Waals surface area (Å²) in [7, 11) is 0. The van der Waals surface area contributed by atoms with Crippen molar-refractivity contribution in [2.24, 2.45) is 0 Å². The third-order valence-electron chi connectivity index (χ3n) is 3.81. The van der Waals surface area contributed by atoms with Crippen LogP contribution in [0.3, 0.4) is 0 Å². The van der Waals surface area contributed by atoms with Crippen molar-refractivity contribution in [1.29, 1.82) is 0 Å². The second-order valence-corrected chi connectivity index (χ2v) is 6.13. The van der Waals surface area contributed by atoms with Crippen LogP contribution in [-0.2, 0) is 11.3 Å². The van der Waals surface area contributed by atoms with Gasteiger partial charge in [0.15, 0.2) is 0 Å². The van der Waals surface area contributed by atoms with Gasteiger partial charge in [-0.05, 0) is 42.5 Å². The van der Waals surface area contributed by atoms with E-state index in [1.54, 1.807) is 48.7 Å². The number of rotatable bonds is 6. The van der Waals surface area contributed by atoms with Crippen molar-refractivity contribution in [2.45, 2.75) is 13.5 Å². The smallest absolute Gasteiger partial charge is 0.274 e. The first-order valence-electron chi connectivity index (χ1n) is 8.85. The van der Waals surface area contributed by atoms with Gasteiger partial charge in [0.1, 0.15) is 11.4 Å². The van der Waals surface area contributed by atoms with E-state index in [-0.39, 0.29) is 23.8 Å². The molecule has 0 fully saturated rings. The predicted molar refractivity (Wildman–Crippen MR) is 108 cm³/mol. The predicted octanol–water partition coefficient (Wildman–Crippen LogP) is 2.62. The molecule has 0 atom stereocenters. The van der Waals surface area contributed by atoms with Gasteiger partial charge >= 0.3 is 0 Å². The summed E-state index contributed by atoms with van der Waals surface area (Å²) in [6, 6.07) is 16.8. The topological polar surface area (TPSA) is 113 Å². The number of carbonyl (C=O) groups excluding carboxylic acids is 3. The minimum absolute atomic E-state index is 0.0976. The van der Waals surface area contributed by atoms with Crippen molar-refractivity contribution < 1.29 is 14.4 Å². The first kappa shape index (κ1) is 19.7. The third-order valence-corrected chi connectivity index (χ3v) is 3.81. The van der Waals surface area contributed by atoms with Crippen molar-refractivity contribution in [3.63, 3.8) is 0 Å². The summed E-state index contributed by atoms with van der Waals surface area (Å²) in [5.74, 6) is -1.08. The third kappa shape index (κ3) is 5.70. The SMILES string of the molecule is CC(=O)Nc1cccc(NC(=O)c2cccc(C(=O)NCc3ccccn3)n2)c1. The standard InChI is InChI=1S/C21H19N5O3/c1-14(27)24-15-7-4-8-16(12-15)25-21(29)19-10-5-9-18(26-19)20(28)23-13-17-6-2-3-11-22-17/h2-12H,13H2,1H3,(H,23,28)(H,24,27)(H,25,29). The normalized spacial score (nSPS) is 10.1. The molecule has 2 aromatic heterocycles. The van der Waals surface area contributed by atoms with E-state index in [2.05, 4.69) is 25.9 Å². The van der Waals surface area contributed by atoms with Crippen LogP contribution in [0.15, 0.2) is 66.9 Å². The fourth-order valence-electron chi connectivity index (χ4n) is 2.52. The van der Waals surface area contributed by atoms with E-state index in [1.165, 1.54) is 19.1 Å². The average molecular weight is 389 g/mol. The molecule has 0 bridgehead atoms. The van der Waals surface area contributed by atoms with Crippen molar-refractivity contribution >= 4 is 29.1 Å². The Bertz CT molecular complexity index is 1040. The lowest BCUT2D eigenvalue weighted by Gasteiger charge is -2.09. The van der Waals surface area contributed by atoms with E-state index in [1.807, 2.05) is 6.07 Å². The van der Waals surface area contributed by atoms with Crippen molar-refractivity contribution in [1.82, 2.24) is 15.3 Å². The molecule has 0 radical (unpaired) electrons. The number of nitrogens with one attached hydrogen (secondary N) is 3. The Hall–Kier alpha value is -4.07. The maximum atomic E-state index is 12.5. The molecule has 0 spiro atoms. The molecule has 8 nitrogen and oxygen atoms in total. The molecule has 1 aromatic carbocycles. The lowest BCUT2D eigenvalue weighted by atomic mass is 10.2. The molecule has 3 N–H and O–H groups in total. The number of anilines is 2. The molecule has 0 aliphatic heterocycles. The molecular weight excluding hydrogens is 370 g/mol. The quantitative estimate of drug-likeness (QED) is 0.600. The van der Waals surface area contributed by atoms with Crippen molar-refractivity contribution in [2.75, 3.05) is 10.6 Å². The Morgan fingerprint density at radius 2 is 1.52 bits per heavy atom. The first-order valence-corrected chi connectivity index (χ1v) is 8.85. The highest BCUT2D eigenvalue weighted by Gasteiger charge is 2.13. The molecule has 2 heterocycles. The Morgan fingerprint density at radius 1 is 0.828 bits per heavy atom. The zero-order valence-corrected chi connectivity index (χ0v) is 15.7. The average Bonchev–Trinajstić information content (AvgIpc) is 2.72. The van der Waals surface area contributed by atoms with Crippen LogP contribution in [0, 0.1) is 0 Å². The second-order valence-electron chi connectivity index (χ2n) is 6.13. The molecular formula is C21H19N5O3. The second kappa shape index (κ2) is 9.23. The Morgan fingerprint density at radius 3 is 2.21 bits per heavy atom. The summed E-state index contributed by atoms with van der Waals surface area (Å²) in [6.45, 7) is 1.66. The molecule has 29 heavy (non-hydrogen) atoms. The van der Waals surface area contributed by atoms with Crippen LogP contribution >= 0.6 is 0 Å². The largest absolute Gasteiger partial charge is 0.345 e. The van der Waals surface area contributed by atoms with Gasteiger partial charge in [-0.2, -0.15) is 0 Å². The monoisotopic (exact) mass is 389 g/mol. The van der Waals surface area contributed by atoms with Crippen LogP contribution in [0.5, 0.6) is 0 Å². The highest BCUT2D eigenvalue weighted by molar-refractivity contribution is 6.04. The fraction of sp³-hybridized carbons (Fsp3) is 0.0952. The molecule has 0 saturated heterocycles. The Kier molecular flexibility index (Phi) is 6.26. The van der Waals surface area contributed by atoms with Crippen LogP contribution in [0.25, 0.3) is 0 Å². The minimum atomic E-state index is -0.468. The number of nitrogens with zero attached hydrogens (tertiary/aromatic N) is 2. The zero-order chi connectivity index (χ0) is 20.6. The molecule has 0 saturated carbocycles. The Balaban J connectivity index is 1.66. The van der Waals surface area contributed by atoms with Crippen LogP contribution in [-0.4, -0.2) is 27.7 Å². The van der Waals surface area contributed by atoms with Crippen LogP contribution in [0.1, 0.15) is 33.6 Å². The van der Waals surface area contributed by atoms with Crippen LogP contribution < -0.4 is 16.0 Å². The lowest BCUT2D eigenvalue weighted by molar-refractivity contribution is -0.114. The van der Waals surface area contributed by atoms with E-state index < -0.39 is 11.8 Å². The first-order chi connectivity index (χ1) is 14.0. The maximum Gasteiger partial charge on any atom is 0.274 e. The van der Waals surface area contributed by atoms with Crippen LogP contribution in [0.2, 0.25) is 0 Å². The van der Waals surface area contributed by atoms with E-state index in [9.17, 15) is 14.4 Å². The molecule has 3 amide bonds. The minimum Gasteiger partial charge on any atom is -0.345 e. The van der Waals surface area contributed by atoms with Gasteiger partial charge in [-0.25, -0.2) is 4.98 Å². The van der Waals surface area contributed by atoms with Gasteiger partial charge < -0.3 is 16.0 Å². The number of hydrogen-bond donors (Lipinski definition) is 3. The summed E-state index contributed by atoms with van der Waals surface area (Å²) in [5.41, 5.74) is 1.99. The lowest BCUT2D eigenvalue weighted by Crippen LogP contribution is -2.25. The van der Waals surface area contributed by atoms with Gasteiger partial charge in [0.05, 0.1) is 12.2 Å². The Labute approximate surface area is 167 Å². The summed E-state index contributed by atoms with van der Waals surface area (Å²) in [5, 5.41) is 8.07. The highest BCUT2D eigenvalue weighted by atomic mass is 16.2. The van der Waals surface area contributed by atoms with E-state index >= 15 is 0 Å². The maximum absolute atomic E-state index is 12.5. The van der Waals surface area contributed by atoms with Gasteiger partial charge in [-0.3, -0.25) is 19.4 Å². The summed E-state index contributed by atoms with van der Waals surface area (Å²) in [6.07, 6.45) is 1.64. The number of amides is 3. The van der Waals surface area contributed by atoms with Crippen molar-refractivity contribution in [3.8, 4) is 0 Å². The molecule has 0 aliphatic rings. The van der Waals surface area contributed by atoms with Gasteiger partial charge in [-0.1, -0.05) is 18.2 Å². The molecule has 146 valence electrons. The van der Waals surface area contributed by atoms with E-state index in [4.69, 9.17) is 0 Å². The van der Waals surface area contributed by atoms with E-state index in [0.717, 1.165) is 0 Å². The molecule has 0 aliphatic carbocycles. The van der Waals surface area contributed by atoms with E-state index in [0.29, 0.717) is 17.1 Å².